The van der Waals surface area contributed by atoms with Crippen LogP contribution in [-0.2, 0) is 4.79 Å². The van der Waals surface area contributed by atoms with Gasteiger partial charge in [0.25, 0.3) is 5.91 Å². The van der Waals surface area contributed by atoms with Gasteiger partial charge in [-0.2, -0.15) is 0 Å². The number of allylic oxidation sites excluding steroid dienone is 2. The summed E-state index contributed by atoms with van der Waals surface area (Å²) in [4.78, 5) is 14.1. The van der Waals surface area contributed by atoms with Crippen molar-refractivity contribution in [1.82, 2.24) is 5.32 Å². The molecule has 3 aromatic rings. The number of rotatable bonds is 3. The Balaban J connectivity index is 1.79. The molecule has 2 aromatic carbocycles. The van der Waals surface area contributed by atoms with E-state index in [1.54, 1.807) is 11.3 Å². The highest BCUT2D eigenvalue weighted by Crippen LogP contribution is 2.48. The molecule has 0 radical (unpaired) electrons. The number of fused-ring (bicyclic) bond motifs is 1. The summed E-state index contributed by atoms with van der Waals surface area (Å²) in [7, 11) is 0. The molecule has 1 saturated heterocycles. The summed E-state index contributed by atoms with van der Waals surface area (Å²) in [6.45, 7) is 2.12. The maximum absolute atomic E-state index is 12.5. The first-order chi connectivity index (χ1) is 14.6. The van der Waals surface area contributed by atoms with Gasteiger partial charge in [0.05, 0.1) is 9.78 Å². The van der Waals surface area contributed by atoms with E-state index in [-0.39, 0.29) is 11.8 Å². The highest BCUT2D eigenvalue weighted by atomic mass is 32.2. The number of benzene rings is 2. The molecule has 148 valence electrons. The molecule has 0 saturated carbocycles. The van der Waals surface area contributed by atoms with E-state index in [1.807, 2.05) is 47.9 Å². The van der Waals surface area contributed by atoms with Crippen molar-refractivity contribution in [3.8, 4) is 5.75 Å². The zero-order valence-corrected chi connectivity index (χ0v) is 18.5. The van der Waals surface area contributed by atoms with Crippen molar-refractivity contribution in [3.63, 3.8) is 0 Å². The molecule has 6 heteroatoms. The number of carbonyl (C=O) groups is 1. The van der Waals surface area contributed by atoms with Crippen molar-refractivity contribution in [1.29, 1.82) is 0 Å². The molecule has 30 heavy (non-hydrogen) atoms. The number of aryl methyl sites for hydroxylation is 1. The average molecular weight is 448 g/mol. The second-order valence-electron chi connectivity index (χ2n) is 7.04. The molecule has 3 heterocycles. The number of carbonyl (C=O) groups excluding carboxylic acids is 1. The van der Waals surface area contributed by atoms with E-state index in [0.717, 1.165) is 27.5 Å². The van der Waals surface area contributed by atoms with Gasteiger partial charge in [0, 0.05) is 17.1 Å². The van der Waals surface area contributed by atoms with Crippen molar-refractivity contribution >= 4 is 51.3 Å². The Hall–Kier alpha value is -2.67. The van der Waals surface area contributed by atoms with E-state index < -0.39 is 0 Å². The Labute approximate surface area is 188 Å². The molecule has 1 aromatic heterocycles. The second kappa shape index (κ2) is 7.87. The van der Waals surface area contributed by atoms with Gasteiger partial charge < -0.3 is 10.1 Å². The van der Waals surface area contributed by atoms with Crippen LogP contribution in [0, 0.1) is 6.92 Å². The van der Waals surface area contributed by atoms with Crippen LogP contribution in [0.2, 0.25) is 0 Å². The summed E-state index contributed by atoms with van der Waals surface area (Å²) >= 11 is 8.12. The fourth-order valence-corrected chi connectivity index (χ4v) is 5.60. The summed E-state index contributed by atoms with van der Waals surface area (Å²) in [5, 5.41) is 4.75. The molecular weight excluding hydrogens is 430 g/mol. The van der Waals surface area contributed by atoms with Crippen molar-refractivity contribution in [2.24, 2.45) is 0 Å². The third kappa shape index (κ3) is 3.41. The third-order valence-corrected chi connectivity index (χ3v) is 7.22. The van der Waals surface area contributed by atoms with Crippen LogP contribution in [0.15, 0.2) is 82.6 Å². The SMILES string of the molecule is Cc1ccccc1[C@@H]1C(/C=C2/SC(=S)NC2=O)=C(c2cccs2)Oc2ccccc21. The van der Waals surface area contributed by atoms with Gasteiger partial charge in [0.2, 0.25) is 0 Å². The largest absolute Gasteiger partial charge is 0.455 e. The van der Waals surface area contributed by atoms with Crippen LogP contribution in [0.5, 0.6) is 5.75 Å². The highest BCUT2D eigenvalue weighted by Gasteiger charge is 2.33. The van der Waals surface area contributed by atoms with Crippen LogP contribution in [0.25, 0.3) is 5.76 Å². The fraction of sp³-hybridized carbons (Fsp3) is 0.0833. The summed E-state index contributed by atoms with van der Waals surface area (Å²) in [6, 6.07) is 20.6. The predicted molar refractivity (Wildman–Crippen MR) is 128 cm³/mol. The lowest BCUT2D eigenvalue weighted by molar-refractivity contribution is -0.115. The topological polar surface area (TPSA) is 38.3 Å². The van der Waals surface area contributed by atoms with E-state index in [9.17, 15) is 4.79 Å². The van der Waals surface area contributed by atoms with E-state index in [2.05, 4.69) is 36.5 Å². The number of ether oxygens (including phenoxy) is 1. The van der Waals surface area contributed by atoms with Gasteiger partial charge in [-0.05, 0) is 41.6 Å². The van der Waals surface area contributed by atoms with E-state index >= 15 is 0 Å². The summed E-state index contributed by atoms with van der Waals surface area (Å²) < 4.78 is 6.91. The van der Waals surface area contributed by atoms with Crippen LogP contribution in [-0.4, -0.2) is 10.2 Å². The van der Waals surface area contributed by atoms with Crippen LogP contribution in [0.3, 0.4) is 0 Å². The van der Waals surface area contributed by atoms with Crippen molar-refractivity contribution in [2.45, 2.75) is 12.8 Å². The molecule has 2 aliphatic rings. The van der Waals surface area contributed by atoms with Crippen LogP contribution in [0.4, 0.5) is 0 Å². The minimum absolute atomic E-state index is 0.0525. The van der Waals surface area contributed by atoms with Crippen LogP contribution < -0.4 is 10.1 Å². The smallest absolute Gasteiger partial charge is 0.263 e. The maximum Gasteiger partial charge on any atom is 0.263 e. The Morgan fingerprint density at radius 3 is 2.50 bits per heavy atom. The molecule has 5 rings (SSSR count). The Kier molecular flexibility index (Phi) is 5.06. The molecular formula is C24H17NO2S3. The number of thiocarbonyl (C=S) groups is 1. The zero-order chi connectivity index (χ0) is 20.7. The molecule has 3 nitrogen and oxygen atoms in total. The van der Waals surface area contributed by atoms with Crippen molar-refractivity contribution < 1.29 is 9.53 Å². The Morgan fingerprint density at radius 1 is 1.03 bits per heavy atom. The molecule has 1 fully saturated rings. The highest BCUT2D eigenvalue weighted by molar-refractivity contribution is 8.26. The minimum Gasteiger partial charge on any atom is -0.455 e. The van der Waals surface area contributed by atoms with Crippen molar-refractivity contribution in [3.05, 3.63) is 104 Å². The van der Waals surface area contributed by atoms with Gasteiger partial charge in [-0.1, -0.05) is 72.5 Å². The molecule has 0 aliphatic carbocycles. The van der Waals surface area contributed by atoms with E-state index in [1.165, 1.54) is 22.9 Å². The first-order valence-electron chi connectivity index (χ1n) is 9.47. The number of hydrogen-bond donors (Lipinski definition) is 1. The maximum atomic E-state index is 12.5. The van der Waals surface area contributed by atoms with Crippen molar-refractivity contribution in [2.75, 3.05) is 0 Å². The molecule has 0 unspecified atom stereocenters. The van der Waals surface area contributed by atoms with Crippen LogP contribution >= 0.6 is 35.3 Å². The Bertz CT molecular complexity index is 1220. The number of nitrogens with one attached hydrogen (secondary N) is 1. The minimum atomic E-state index is -0.162. The van der Waals surface area contributed by atoms with E-state index in [0.29, 0.717) is 9.23 Å². The third-order valence-electron chi connectivity index (χ3n) is 5.19. The monoisotopic (exact) mass is 447 g/mol. The molecule has 0 bridgehead atoms. The fourth-order valence-electron chi connectivity index (χ4n) is 3.84. The molecule has 2 aliphatic heterocycles. The second-order valence-corrected chi connectivity index (χ2v) is 9.71. The number of thiophene rings is 1. The summed E-state index contributed by atoms with van der Waals surface area (Å²) in [5.41, 5.74) is 4.44. The predicted octanol–water partition coefficient (Wildman–Crippen LogP) is 6.02. The van der Waals surface area contributed by atoms with Gasteiger partial charge in [-0.25, -0.2) is 0 Å². The first kappa shape index (κ1) is 19.3. The molecule has 1 amide bonds. The van der Waals surface area contributed by atoms with Gasteiger partial charge in [0.15, 0.2) is 0 Å². The molecule has 1 N–H and O–H groups in total. The lowest BCUT2D eigenvalue weighted by Gasteiger charge is -2.30. The van der Waals surface area contributed by atoms with Gasteiger partial charge >= 0.3 is 0 Å². The standard InChI is InChI=1S/C24H17NO2S3/c1-14-7-2-3-8-15(14)21-16-9-4-5-10-18(16)27-22(19-11-6-12-29-19)17(21)13-20-23(26)25-24(28)30-20/h2-13,21H,1H3,(H,25,26,28)/b20-13+/t21-/m0/s1. The normalized spacial score (nSPS) is 19.6. The van der Waals surface area contributed by atoms with Gasteiger partial charge in [-0.15, -0.1) is 11.3 Å². The summed E-state index contributed by atoms with van der Waals surface area (Å²) in [5.74, 6) is 1.42. The molecule has 1 atom stereocenters. The van der Waals surface area contributed by atoms with Crippen LogP contribution in [0.1, 0.15) is 27.5 Å². The quantitative estimate of drug-likeness (QED) is 0.393. The van der Waals surface area contributed by atoms with E-state index in [4.69, 9.17) is 17.0 Å². The molecule has 0 spiro atoms. The number of para-hydroxylation sites is 1. The van der Waals surface area contributed by atoms with Gasteiger partial charge in [-0.3, -0.25) is 4.79 Å². The lowest BCUT2D eigenvalue weighted by Crippen LogP contribution is -2.19. The number of thioether (sulfide) groups is 1. The number of hydrogen-bond acceptors (Lipinski definition) is 5. The average Bonchev–Trinajstić information content (AvgIpc) is 3.38. The van der Waals surface area contributed by atoms with Gasteiger partial charge in [0.1, 0.15) is 15.8 Å². The summed E-state index contributed by atoms with van der Waals surface area (Å²) in [6.07, 6.45) is 1.95. The lowest BCUT2D eigenvalue weighted by atomic mass is 9.80. The Morgan fingerprint density at radius 2 is 1.80 bits per heavy atom. The number of amides is 1. The zero-order valence-electron chi connectivity index (χ0n) is 16.0. The first-order valence-corrected chi connectivity index (χ1v) is 11.6.